The average molecular weight is 324 g/mol. The van der Waals surface area contributed by atoms with Crippen LogP contribution in [-0.4, -0.2) is 6.03 Å². The quantitative estimate of drug-likeness (QED) is 0.692. The monoisotopic (exact) mass is 323 g/mol. The van der Waals surface area contributed by atoms with E-state index in [0.29, 0.717) is 27.1 Å². The lowest BCUT2D eigenvalue weighted by Gasteiger charge is -2.12. The second-order valence-corrected chi connectivity index (χ2v) is 5.55. The summed E-state index contributed by atoms with van der Waals surface area (Å²) in [4.78, 5) is 12.0. The summed E-state index contributed by atoms with van der Waals surface area (Å²) in [7, 11) is 0. The molecule has 110 valence electrons. The summed E-state index contributed by atoms with van der Waals surface area (Å²) in [5, 5.41) is 6.26. The van der Waals surface area contributed by atoms with Gasteiger partial charge >= 0.3 is 6.03 Å². The van der Waals surface area contributed by atoms with E-state index >= 15 is 0 Å². The van der Waals surface area contributed by atoms with Gasteiger partial charge in [-0.3, -0.25) is 0 Å². The van der Waals surface area contributed by atoms with Gasteiger partial charge in [-0.15, -0.1) is 0 Å². The van der Waals surface area contributed by atoms with Crippen LogP contribution in [0, 0.1) is 13.8 Å². The Bertz CT molecular complexity index is 702. The van der Waals surface area contributed by atoms with Crippen LogP contribution in [0.15, 0.2) is 30.3 Å². The molecule has 0 unspecified atom stereocenters. The number of carbonyl (C=O) groups is 1. The molecule has 2 amide bonds. The highest BCUT2D eigenvalue weighted by atomic mass is 35.5. The van der Waals surface area contributed by atoms with E-state index in [1.54, 1.807) is 24.3 Å². The number of benzene rings is 2. The number of anilines is 3. The number of nitrogens with two attached hydrogens (primary N) is 1. The van der Waals surface area contributed by atoms with Crippen LogP contribution in [0.1, 0.15) is 11.1 Å². The molecule has 0 atom stereocenters. The largest absolute Gasteiger partial charge is 0.398 e. The third kappa shape index (κ3) is 3.80. The number of amides is 2. The van der Waals surface area contributed by atoms with Gasteiger partial charge in [0.15, 0.2) is 0 Å². The van der Waals surface area contributed by atoms with Crippen molar-refractivity contribution in [2.24, 2.45) is 0 Å². The van der Waals surface area contributed by atoms with Crippen molar-refractivity contribution in [3.05, 3.63) is 51.5 Å². The summed E-state index contributed by atoms with van der Waals surface area (Å²) >= 11 is 11.7. The van der Waals surface area contributed by atoms with E-state index in [1.165, 1.54) is 0 Å². The normalized spacial score (nSPS) is 10.3. The SMILES string of the molecule is Cc1cc(C)c(NC(=O)Nc2ccc(Cl)c(Cl)c2)cc1N. The van der Waals surface area contributed by atoms with Crippen LogP contribution in [0.5, 0.6) is 0 Å². The van der Waals surface area contributed by atoms with E-state index in [4.69, 9.17) is 28.9 Å². The number of nitrogen functional groups attached to an aromatic ring is 1. The molecule has 6 heteroatoms. The van der Waals surface area contributed by atoms with Crippen LogP contribution in [0.2, 0.25) is 10.0 Å². The van der Waals surface area contributed by atoms with E-state index in [9.17, 15) is 4.79 Å². The van der Waals surface area contributed by atoms with Crippen LogP contribution in [0.4, 0.5) is 21.9 Å². The van der Waals surface area contributed by atoms with E-state index in [-0.39, 0.29) is 6.03 Å². The van der Waals surface area contributed by atoms with E-state index in [2.05, 4.69) is 10.6 Å². The molecule has 2 rings (SSSR count). The van der Waals surface area contributed by atoms with Gasteiger partial charge in [0.05, 0.1) is 10.0 Å². The van der Waals surface area contributed by atoms with Gasteiger partial charge in [-0.25, -0.2) is 4.79 Å². The van der Waals surface area contributed by atoms with Crippen molar-refractivity contribution < 1.29 is 4.79 Å². The molecule has 4 N–H and O–H groups in total. The lowest BCUT2D eigenvalue weighted by Crippen LogP contribution is -2.20. The van der Waals surface area contributed by atoms with Gasteiger partial charge < -0.3 is 16.4 Å². The number of nitrogens with one attached hydrogen (secondary N) is 2. The predicted octanol–water partition coefficient (Wildman–Crippen LogP) is 4.84. The van der Waals surface area contributed by atoms with Crippen LogP contribution < -0.4 is 16.4 Å². The molecule has 0 heterocycles. The number of halogens is 2. The van der Waals surface area contributed by atoms with Crippen molar-refractivity contribution in [1.82, 2.24) is 0 Å². The molecule has 2 aromatic carbocycles. The molecular weight excluding hydrogens is 309 g/mol. The Kier molecular flexibility index (Phi) is 4.60. The molecule has 0 aliphatic carbocycles. The summed E-state index contributed by atoms with van der Waals surface area (Å²) in [5.74, 6) is 0. The van der Waals surface area contributed by atoms with Crippen LogP contribution in [-0.2, 0) is 0 Å². The van der Waals surface area contributed by atoms with E-state index < -0.39 is 0 Å². The standard InChI is InChI=1S/C15H15Cl2N3O/c1-8-5-9(2)14(7-13(8)18)20-15(21)19-10-3-4-11(16)12(17)6-10/h3-7H,18H2,1-2H3,(H2,19,20,21). The van der Waals surface area contributed by atoms with E-state index in [1.807, 2.05) is 19.9 Å². The van der Waals surface area contributed by atoms with Gasteiger partial charge in [0.2, 0.25) is 0 Å². The third-order valence-corrected chi connectivity index (χ3v) is 3.78. The molecule has 0 aliphatic heterocycles. The Morgan fingerprint density at radius 1 is 1.00 bits per heavy atom. The molecule has 0 saturated carbocycles. The van der Waals surface area contributed by atoms with Gasteiger partial charge in [0, 0.05) is 17.1 Å². The number of rotatable bonds is 2. The smallest absolute Gasteiger partial charge is 0.323 e. The first-order valence-electron chi connectivity index (χ1n) is 6.26. The highest BCUT2D eigenvalue weighted by Crippen LogP contribution is 2.26. The third-order valence-electron chi connectivity index (χ3n) is 3.04. The molecule has 0 aliphatic rings. The van der Waals surface area contributed by atoms with Crippen molar-refractivity contribution in [3.63, 3.8) is 0 Å². The number of hydrogen-bond donors (Lipinski definition) is 3. The fraction of sp³-hybridized carbons (Fsp3) is 0.133. The number of urea groups is 1. The molecule has 2 aromatic rings. The Morgan fingerprint density at radius 3 is 2.38 bits per heavy atom. The highest BCUT2D eigenvalue weighted by molar-refractivity contribution is 6.42. The first-order valence-corrected chi connectivity index (χ1v) is 7.02. The Morgan fingerprint density at radius 2 is 1.71 bits per heavy atom. The maximum Gasteiger partial charge on any atom is 0.323 e. The summed E-state index contributed by atoms with van der Waals surface area (Å²) < 4.78 is 0. The van der Waals surface area contributed by atoms with Crippen LogP contribution in [0.25, 0.3) is 0 Å². The van der Waals surface area contributed by atoms with Crippen LogP contribution in [0.3, 0.4) is 0 Å². The zero-order chi connectivity index (χ0) is 15.6. The minimum absolute atomic E-state index is 0.375. The first-order chi connectivity index (χ1) is 9.86. The van der Waals surface area contributed by atoms with E-state index in [0.717, 1.165) is 11.1 Å². The van der Waals surface area contributed by atoms with Crippen LogP contribution >= 0.6 is 23.2 Å². The zero-order valence-electron chi connectivity index (χ0n) is 11.6. The average Bonchev–Trinajstić information content (AvgIpc) is 2.40. The molecule has 4 nitrogen and oxygen atoms in total. The lowest BCUT2D eigenvalue weighted by molar-refractivity contribution is 0.262. The molecule has 0 aromatic heterocycles. The maximum absolute atomic E-state index is 12.0. The molecule has 21 heavy (non-hydrogen) atoms. The predicted molar refractivity (Wildman–Crippen MR) is 89.4 cm³/mol. The molecule has 0 spiro atoms. The minimum atomic E-state index is -0.375. The lowest BCUT2D eigenvalue weighted by atomic mass is 10.1. The summed E-state index contributed by atoms with van der Waals surface area (Å²) in [6.07, 6.45) is 0. The number of carbonyl (C=O) groups excluding carboxylic acids is 1. The van der Waals surface area contributed by atoms with Crippen molar-refractivity contribution in [1.29, 1.82) is 0 Å². The summed E-state index contributed by atoms with van der Waals surface area (Å²) in [6.45, 7) is 3.82. The van der Waals surface area contributed by atoms with Crippen molar-refractivity contribution >= 4 is 46.3 Å². The fourth-order valence-electron chi connectivity index (χ4n) is 1.86. The molecule has 0 saturated heterocycles. The summed E-state index contributed by atoms with van der Waals surface area (Å²) in [5.41, 5.74) is 9.61. The Balaban J connectivity index is 2.11. The molecular formula is C15H15Cl2N3O. The number of hydrogen-bond acceptors (Lipinski definition) is 2. The topological polar surface area (TPSA) is 67.2 Å². The van der Waals surface area contributed by atoms with Gasteiger partial charge in [-0.1, -0.05) is 29.3 Å². The van der Waals surface area contributed by atoms with Gasteiger partial charge in [-0.2, -0.15) is 0 Å². The maximum atomic E-state index is 12.0. The fourth-order valence-corrected chi connectivity index (χ4v) is 2.16. The molecule has 0 fully saturated rings. The highest BCUT2D eigenvalue weighted by Gasteiger charge is 2.08. The van der Waals surface area contributed by atoms with Crippen molar-refractivity contribution in [2.45, 2.75) is 13.8 Å². The second kappa shape index (κ2) is 6.24. The number of aryl methyl sites for hydroxylation is 2. The minimum Gasteiger partial charge on any atom is -0.398 e. The van der Waals surface area contributed by atoms with Gasteiger partial charge in [-0.05, 0) is 49.2 Å². The van der Waals surface area contributed by atoms with Gasteiger partial charge in [0.25, 0.3) is 0 Å². The Hall–Kier alpha value is -1.91. The molecule has 0 radical (unpaired) electrons. The van der Waals surface area contributed by atoms with Crippen molar-refractivity contribution in [2.75, 3.05) is 16.4 Å². The first kappa shape index (κ1) is 15.5. The second-order valence-electron chi connectivity index (χ2n) is 4.73. The zero-order valence-corrected chi connectivity index (χ0v) is 13.1. The van der Waals surface area contributed by atoms with Crippen molar-refractivity contribution in [3.8, 4) is 0 Å². The Labute approximate surface area is 133 Å². The summed E-state index contributed by atoms with van der Waals surface area (Å²) in [6, 6.07) is 8.15. The van der Waals surface area contributed by atoms with Gasteiger partial charge in [0.1, 0.15) is 0 Å². The molecule has 0 bridgehead atoms.